The molecule has 0 bridgehead atoms. The number of rotatable bonds is 4. The molecule has 4 heteroatoms. The van der Waals surface area contributed by atoms with E-state index in [-0.39, 0.29) is 12.5 Å². The van der Waals surface area contributed by atoms with Gasteiger partial charge in [0.15, 0.2) is 6.61 Å². The van der Waals surface area contributed by atoms with E-state index in [9.17, 15) is 4.79 Å². The average molecular weight is 270 g/mol. The molecule has 20 heavy (non-hydrogen) atoms. The number of nitrogens with two attached hydrogens (primary N) is 1. The highest BCUT2D eigenvalue weighted by Gasteiger charge is 2.11. The molecule has 0 aliphatic carbocycles. The van der Waals surface area contributed by atoms with Crippen LogP contribution in [0.4, 0.5) is 11.4 Å². The number of amides is 1. The molecule has 0 aliphatic rings. The van der Waals surface area contributed by atoms with Crippen molar-refractivity contribution >= 4 is 17.3 Å². The van der Waals surface area contributed by atoms with Gasteiger partial charge in [-0.05, 0) is 48.9 Å². The molecule has 104 valence electrons. The van der Waals surface area contributed by atoms with Crippen LogP contribution in [0.15, 0.2) is 48.5 Å². The van der Waals surface area contributed by atoms with Gasteiger partial charge in [-0.1, -0.05) is 12.1 Å². The quantitative estimate of drug-likeness (QED) is 0.869. The second-order valence-corrected chi connectivity index (χ2v) is 4.65. The third kappa shape index (κ3) is 3.51. The van der Waals surface area contributed by atoms with Gasteiger partial charge in [-0.25, -0.2) is 0 Å². The summed E-state index contributed by atoms with van der Waals surface area (Å²) >= 11 is 0. The fourth-order valence-corrected chi connectivity index (χ4v) is 1.79. The highest BCUT2D eigenvalue weighted by molar-refractivity contribution is 5.93. The largest absolute Gasteiger partial charge is 0.484 e. The van der Waals surface area contributed by atoms with Crippen molar-refractivity contribution in [1.29, 1.82) is 0 Å². The number of benzene rings is 2. The number of hydrogen-bond acceptors (Lipinski definition) is 3. The lowest BCUT2D eigenvalue weighted by atomic mass is 10.2. The number of ether oxygens (including phenoxy) is 1. The van der Waals surface area contributed by atoms with Crippen molar-refractivity contribution in [3.63, 3.8) is 0 Å². The fourth-order valence-electron chi connectivity index (χ4n) is 1.79. The standard InChI is InChI=1S/C16H18N2O2/c1-12-4-3-5-14(10-12)18(2)16(19)11-20-15-8-6-13(17)7-9-15/h3-10H,11,17H2,1-2H3. The van der Waals surface area contributed by atoms with Crippen molar-refractivity contribution < 1.29 is 9.53 Å². The summed E-state index contributed by atoms with van der Waals surface area (Å²) in [4.78, 5) is 13.7. The predicted molar refractivity (Wildman–Crippen MR) is 80.9 cm³/mol. The number of carbonyl (C=O) groups is 1. The van der Waals surface area contributed by atoms with E-state index in [0.29, 0.717) is 11.4 Å². The minimum absolute atomic E-state index is 0.00560. The van der Waals surface area contributed by atoms with Crippen molar-refractivity contribution in [3.05, 3.63) is 54.1 Å². The van der Waals surface area contributed by atoms with Crippen molar-refractivity contribution in [2.75, 3.05) is 24.3 Å². The summed E-state index contributed by atoms with van der Waals surface area (Å²) < 4.78 is 5.45. The van der Waals surface area contributed by atoms with Gasteiger partial charge in [-0.15, -0.1) is 0 Å². The Kier molecular flexibility index (Phi) is 4.25. The Hall–Kier alpha value is -2.49. The van der Waals surface area contributed by atoms with Crippen LogP contribution < -0.4 is 15.4 Å². The van der Waals surface area contributed by atoms with Gasteiger partial charge in [0.05, 0.1) is 0 Å². The molecule has 2 aromatic carbocycles. The second-order valence-electron chi connectivity index (χ2n) is 4.65. The van der Waals surface area contributed by atoms with Crippen LogP contribution in [0.1, 0.15) is 5.56 Å². The van der Waals surface area contributed by atoms with E-state index in [0.717, 1.165) is 11.3 Å². The average Bonchev–Trinajstić information content (AvgIpc) is 2.45. The zero-order valence-electron chi connectivity index (χ0n) is 11.7. The Labute approximate surface area is 118 Å². The van der Waals surface area contributed by atoms with E-state index >= 15 is 0 Å². The summed E-state index contributed by atoms with van der Waals surface area (Å²) in [7, 11) is 1.74. The molecule has 0 saturated carbocycles. The van der Waals surface area contributed by atoms with E-state index in [1.54, 1.807) is 36.2 Å². The zero-order valence-corrected chi connectivity index (χ0v) is 11.7. The van der Waals surface area contributed by atoms with Gasteiger partial charge in [0, 0.05) is 18.4 Å². The summed E-state index contributed by atoms with van der Waals surface area (Å²) in [5.41, 5.74) is 8.23. The first-order valence-electron chi connectivity index (χ1n) is 6.38. The second kappa shape index (κ2) is 6.10. The van der Waals surface area contributed by atoms with Crippen molar-refractivity contribution in [1.82, 2.24) is 0 Å². The molecule has 0 fully saturated rings. The van der Waals surface area contributed by atoms with Gasteiger partial charge < -0.3 is 15.4 Å². The molecule has 2 rings (SSSR count). The monoisotopic (exact) mass is 270 g/mol. The van der Waals surface area contributed by atoms with Crippen LogP contribution in [-0.4, -0.2) is 19.6 Å². The lowest BCUT2D eigenvalue weighted by molar-refractivity contribution is -0.120. The topological polar surface area (TPSA) is 55.6 Å². The number of likely N-dealkylation sites (N-methyl/N-ethyl adjacent to an activating group) is 1. The number of anilines is 2. The van der Waals surface area contributed by atoms with E-state index in [1.807, 2.05) is 31.2 Å². The van der Waals surface area contributed by atoms with Crippen LogP contribution in [0.5, 0.6) is 5.75 Å². The minimum atomic E-state index is -0.104. The van der Waals surface area contributed by atoms with Gasteiger partial charge in [-0.3, -0.25) is 4.79 Å². The Morgan fingerprint density at radius 1 is 1.20 bits per heavy atom. The summed E-state index contributed by atoms with van der Waals surface area (Å²) in [5.74, 6) is 0.526. The molecular weight excluding hydrogens is 252 g/mol. The smallest absolute Gasteiger partial charge is 0.264 e. The first kappa shape index (κ1) is 13.9. The lowest BCUT2D eigenvalue weighted by Gasteiger charge is -2.18. The lowest BCUT2D eigenvalue weighted by Crippen LogP contribution is -2.31. The summed E-state index contributed by atoms with van der Waals surface area (Å²) in [6.45, 7) is 1.99. The molecule has 0 spiro atoms. The molecule has 0 aromatic heterocycles. The van der Waals surface area contributed by atoms with Gasteiger partial charge in [0.25, 0.3) is 5.91 Å². The number of carbonyl (C=O) groups excluding carboxylic acids is 1. The van der Waals surface area contributed by atoms with Crippen LogP contribution in [-0.2, 0) is 4.79 Å². The Morgan fingerprint density at radius 3 is 2.55 bits per heavy atom. The van der Waals surface area contributed by atoms with Crippen LogP contribution in [0, 0.1) is 6.92 Å². The third-order valence-corrected chi connectivity index (χ3v) is 3.01. The predicted octanol–water partition coefficient (Wildman–Crippen LogP) is 2.62. The van der Waals surface area contributed by atoms with Gasteiger partial charge in [-0.2, -0.15) is 0 Å². The highest BCUT2D eigenvalue weighted by Crippen LogP contribution is 2.16. The van der Waals surface area contributed by atoms with Crippen LogP contribution in [0.2, 0.25) is 0 Å². The number of aryl methyl sites for hydroxylation is 1. The van der Waals surface area contributed by atoms with Crippen molar-refractivity contribution in [2.24, 2.45) is 0 Å². The van der Waals surface area contributed by atoms with Gasteiger partial charge in [0.1, 0.15) is 5.75 Å². The van der Waals surface area contributed by atoms with Crippen LogP contribution in [0.25, 0.3) is 0 Å². The summed E-state index contributed by atoms with van der Waals surface area (Å²) in [5, 5.41) is 0. The normalized spacial score (nSPS) is 10.1. The number of nitrogens with zero attached hydrogens (tertiary/aromatic N) is 1. The molecule has 1 amide bonds. The summed E-state index contributed by atoms with van der Waals surface area (Å²) in [6, 6.07) is 14.7. The Morgan fingerprint density at radius 2 is 1.90 bits per heavy atom. The number of nitrogen functional groups attached to an aromatic ring is 1. The molecule has 0 heterocycles. The van der Waals surface area contributed by atoms with Crippen LogP contribution in [0.3, 0.4) is 0 Å². The first-order chi connectivity index (χ1) is 9.56. The fraction of sp³-hybridized carbons (Fsp3) is 0.188. The molecule has 4 nitrogen and oxygen atoms in total. The molecule has 2 aromatic rings. The maximum atomic E-state index is 12.1. The molecule has 0 radical (unpaired) electrons. The molecule has 0 unspecified atom stereocenters. The summed E-state index contributed by atoms with van der Waals surface area (Å²) in [6.07, 6.45) is 0. The molecule has 0 saturated heterocycles. The zero-order chi connectivity index (χ0) is 14.5. The van der Waals surface area contributed by atoms with Crippen molar-refractivity contribution in [2.45, 2.75) is 6.92 Å². The van der Waals surface area contributed by atoms with E-state index < -0.39 is 0 Å². The van der Waals surface area contributed by atoms with E-state index in [1.165, 1.54) is 0 Å². The minimum Gasteiger partial charge on any atom is -0.484 e. The molecule has 2 N–H and O–H groups in total. The van der Waals surface area contributed by atoms with Crippen molar-refractivity contribution in [3.8, 4) is 5.75 Å². The maximum Gasteiger partial charge on any atom is 0.264 e. The molecule has 0 aliphatic heterocycles. The maximum absolute atomic E-state index is 12.1. The van der Waals surface area contributed by atoms with Gasteiger partial charge in [0.2, 0.25) is 0 Å². The highest BCUT2D eigenvalue weighted by atomic mass is 16.5. The Bertz CT molecular complexity index is 594. The molecule has 0 atom stereocenters. The van der Waals surface area contributed by atoms with E-state index in [4.69, 9.17) is 10.5 Å². The first-order valence-corrected chi connectivity index (χ1v) is 6.38. The molecular formula is C16H18N2O2. The Balaban J connectivity index is 1.96. The van der Waals surface area contributed by atoms with Crippen LogP contribution >= 0.6 is 0 Å². The third-order valence-electron chi connectivity index (χ3n) is 3.01. The number of hydrogen-bond donors (Lipinski definition) is 1. The van der Waals surface area contributed by atoms with E-state index in [2.05, 4.69) is 0 Å². The SMILES string of the molecule is Cc1cccc(N(C)C(=O)COc2ccc(N)cc2)c1. The van der Waals surface area contributed by atoms with Gasteiger partial charge >= 0.3 is 0 Å².